The van der Waals surface area contributed by atoms with E-state index in [4.69, 9.17) is 4.74 Å². The smallest absolute Gasteiger partial charge is 0.480 e. The third-order valence-corrected chi connectivity index (χ3v) is 4.19. The van der Waals surface area contributed by atoms with Crippen LogP contribution in [-0.2, 0) is 20.7 Å². The molecule has 2 atom stereocenters. The largest absolute Gasteiger partial charge is 0.573 e. The highest BCUT2D eigenvalue weighted by atomic mass is 19.4. The third kappa shape index (κ3) is 5.77. The maximum Gasteiger partial charge on any atom is 0.573 e. The molecule has 0 radical (unpaired) electrons. The average molecular weight is 432 g/mol. The molecule has 0 bridgehead atoms. The molecule has 8 nitrogen and oxygen atoms in total. The van der Waals surface area contributed by atoms with Crippen LogP contribution >= 0.6 is 0 Å². The normalized spacial score (nSPS) is 17.2. The number of carboxylic acids is 1. The maximum absolute atomic E-state index is 13.1. The van der Waals surface area contributed by atoms with Crippen LogP contribution in [0.3, 0.4) is 0 Å². The molecule has 1 heterocycles. The van der Waals surface area contributed by atoms with Crippen LogP contribution in [0.4, 0.5) is 23.7 Å². The van der Waals surface area contributed by atoms with Crippen LogP contribution in [0.25, 0.3) is 0 Å². The Bertz CT molecular complexity index is 835. The lowest BCUT2D eigenvalue weighted by Gasteiger charge is -2.28. The third-order valence-electron chi connectivity index (χ3n) is 4.19. The monoisotopic (exact) mass is 432 g/mol. The number of anilines is 1. The zero-order valence-electron chi connectivity index (χ0n) is 16.9. The van der Waals surface area contributed by atoms with E-state index in [2.05, 4.69) is 10.1 Å². The number of aliphatic carboxylic acids is 1. The first-order valence-electron chi connectivity index (χ1n) is 9.16. The summed E-state index contributed by atoms with van der Waals surface area (Å²) < 4.78 is 46.4. The molecule has 11 heteroatoms. The molecule has 0 aromatic heterocycles. The Hall–Kier alpha value is -2.98. The van der Waals surface area contributed by atoms with Gasteiger partial charge in [0.25, 0.3) is 5.91 Å². The number of carbonyl (C=O) groups excluding carboxylic acids is 2. The highest BCUT2D eigenvalue weighted by Gasteiger charge is 2.42. The number of nitrogens with one attached hydrogen (secondary N) is 1. The summed E-state index contributed by atoms with van der Waals surface area (Å²) in [6.45, 7) is 6.56. The van der Waals surface area contributed by atoms with Crippen molar-refractivity contribution in [2.45, 2.75) is 64.6 Å². The number of ether oxygens (including phenoxy) is 2. The van der Waals surface area contributed by atoms with Crippen molar-refractivity contribution in [3.05, 3.63) is 23.8 Å². The summed E-state index contributed by atoms with van der Waals surface area (Å²) in [6.07, 6.45) is -5.80. The Balaban J connectivity index is 2.30. The molecule has 0 unspecified atom stereocenters. The molecule has 1 aliphatic heterocycles. The second-order valence-electron chi connectivity index (χ2n) is 7.71. The summed E-state index contributed by atoms with van der Waals surface area (Å²) >= 11 is 0. The number of carboxylic acid groups (broad SMARTS) is 1. The second-order valence-corrected chi connectivity index (χ2v) is 7.71. The van der Waals surface area contributed by atoms with Crippen molar-refractivity contribution in [2.75, 3.05) is 4.90 Å². The highest BCUT2D eigenvalue weighted by Crippen LogP contribution is 2.37. The molecule has 0 aliphatic carbocycles. The summed E-state index contributed by atoms with van der Waals surface area (Å²) in [6, 6.07) is 0.826. The topological polar surface area (TPSA) is 105 Å². The van der Waals surface area contributed by atoms with Crippen LogP contribution in [0.15, 0.2) is 18.2 Å². The maximum atomic E-state index is 13.1. The van der Waals surface area contributed by atoms with Gasteiger partial charge in [0, 0.05) is 12.1 Å². The van der Waals surface area contributed by atoms with Crippen molar-refractivity contribution in [3.63, 3.8) is 0 Å². The van der Waals surface area contributed by atoms with Crippen LogP contribution in [0.5, 0.6) is 5.75 Å². The molecule has 1 aromatic rings. The minimum Gasteiger partial charge on any atom is -0.480 e. The van der Waals surface area contributed by atoms with Crippen molar-refractivity contribution in [1.29, 1.82) is 0 Å². The average Bonchev–Trinajstić information content (AvgIpc) is 2.95. The van der Waals surface area contributed by atoms with Gasteiger partial charge >= 0.3 is 18.4 Å². The van der Waals surface area contributed by atoms with Gasteiger partial charge in [0.1, 0.15) is 23.4 Å². The zero-order valence-corrected chi connectivity index (χ0v) is 16.9. The van der Waals surface area contributed by atoms with Crippen LogP contribution < -0.4 is 15.0 Å². The van der Waals surface area contributed by atoms with Crippen molar-refractivity contribution >= 4 is 23.7 Å². The Morgan fingerprint density at radius 3 is 2.40 bits per heavy atom. The second kappa shape index (κ2) is 8.41. The summed E-state index contributed by atoms with van der Waals surface area (Å²) in [5.41, 5.74) is -0.444. The molecule has 0 saturated heterocycles. The molecule has 166 valence electrons. The molecular formula is C19H23F3N2O6. The number of benzene rings is 1. The zero-order chi connectivity index (χ0) is 22.9. The fourth-order valence-corrected chi connectivity index (χ4v) is 3.05. The minimum absolute atomic E-state index is 0.144. The predicted octanol–water partition coefficient (Wildman–Crippen LogP) is 3.23. The number of halogens is 3. The lowest BCUT2D eigenvalue weighted by Crippen LogP contribution is -2.53. The Kier molecular flexibility index (Phi) is 6.53. The SMILES string of the molecule is CC[C@H](NC(=O)OC(C)(C)C)C(=O)N1c2ccc(OC(F)(F)F)cc2C[C@H]1C(=O)O. The van der Waals surface area contributed by atoms with Crippen LogP contribution in [0, 0.1) is 0 Å². The lowest BCUT2D eigenvalue weighted by atomic mass is 10.1. The van der Waals surface area contributed by atoms with E-state index in [1.54, 1.807) is 27.7 Å². The summed E-state index contributed by atoms with van der Waals surface area (Å²) in [7, 11) is 0. The van der Waals surface area contributed by atoms with E-state index >= 15 is 0 Å². The molecule has 1 aromatic carbocycles. The van der Waals surface area contributed by atoms with Gasteiger partial charge in [-0.1, -0.05) is 6.92 Å². The molecule has 2 N–H and O–H groups in total. The van der Waals surface area contributed by atoms with Gasteiger partial charge in [-0.2, -0.15) is 0 Å². The van der Waals surface area contributed by atoms with E-state index < -0.39 is 47.8 Å². The quantitative estimate of drug-likeness (QED) is 0.740. The number of carbonyl (C=O) groups is 3. The standard InChI is InChI=1S/C19H23F3N2O6/c1-5-12(23-17(28)30-18(2,3)4)15(25)24-13-7-6-11(29-19(20,21)22)8-10(13)9-14(24)16(26)27/h6-8,12,14H,5,9H2,1-4H3,(H,23,28)(H,26,27)/t12-,14-/m0/s1. The predicted molar refractivity (Wildman–Crippen MR) is 99.2 cm³/mol. The fourth-order valence-electron chi connectivity index (χ4n) is 3.05. The lowest BCUT2D eigenvalue weighted by molar-refractivity contribution is -0.274. The molecule has 2 rings (SSSR count). The van der Waals surface area contributed by atoms with Gasteiger partial charge in [0.2, 0.25) is 0 Å². The Morgan fingerprint density at radius 2 is 1.90 bits per heavy atom. The number of amides is 2. The van der Waals surface area contributed by atoms with Gasteiger partial charge in [0.05, 0.1) is 0 Å². The van der Waals surface area contributed by atoms with Crippen molar-refractivity contribution in [2.24, 2.45) is 0 Å². The first-order chi connectivity index (χ1) is 13.7. The van der Waals surface area contributed by atoms with Crippen molar-refractivity contribution in [1.82, 2.24) is 5.32 Å². The molecule has 0 spiro atoms. The van der Waals surface area contributed by atoms with E-state index in [0.717, 1.165) is 17.0 Å². The number of hydrogen-bond donors (Lipinski definition) is 2. The number of rotatable bonds is 5. The first kappa shape index (κ1) is 23.3. The van der Waals surface area contributed by atoms with Crippen LogP contribution in [0.1, 0.15) is 39.7 Å². The molecule has 1 aliphatic rings. The van der Waals surface area contributed by atoms with Crippen molar-refractivity contribution in [3.8, 4) is 5.75 Å². The fraction of sp³-hybridized carbons (Fsp3) is 0.526. The Morgan fingerprint density at radius 1 is 1.27 bits per heavy atom. The van der Waals surface area contributed by atoms with Gasteiger partial charge in [0.15, 0.2) is 0 Å². The van der Waals surface area contributed by atoms with Gasteiger partial charge in [-0.25, -0.2) is 9.59 Å². The van der Waals surface area contributed by atoms with E-state index in [-0.39, 0.29) is 24.1 Å². The minimum atomic E-state index is -4.90. The van der Waals surface area contributed by atoms with Gasteiger partial charge < -0.3 is 19.9 Å². The molecule has 0 saturated carbocycles. The molecule has 0 fully saturated rings. The van der Waals surface area contributed by atoms with E-state index in [1.807, 2.05) is 0 Å². The number of nitrogens with zero attached hydrogens (tertiary/aromatic N) is 1. The van der Waals surface area contributed by atoms with Crippen molar-refractivity contribution < 1.29 is 42.1 Å². The highest BCUT2D eigenvalue weighted by molar-refractivity contribution is 6.05. The van der Waals surface area contributed by atoms with Gasteiger partial charge in [-0.15, -0.1) is 13.2 Å². The van der Waals surface area contributed by atoms with E-state index in [9.17, 15) is 32.7 Å². The first-order valence-corrected chi connectivity index (χ1v) is 9.16. The number of alkyl halides is 3. The number of alkyl carbamates (subject to hydrolysis) is 1. The van der Waals surface area contributed by atoms with Gasteiger partial charge in [-0.05, 0) is 51.0 Å². The molecule has 30 heavy (non-hydrogen) atoms. The summed E-state index contributed by atoms with van der Waals surface area (Å²) in [5, 5.41) is 11.9. The Labute approximate surface area is 170 Å². The summed E-state index contributed by atoms with van der Waals surface area (Å²) in [5.74, 6) is -2.55. The molecular weight excluding hydrogens is 409 g/mol. The van der Waals surface area contributed by atoms with Crippen LogP contribution in [-0.4, -0.2) is 47.1 Å². The van der Waals surface area contributed by atoms with Crippen LogP contribution in [0.2, 0.25) is 0 Å². The number of hydrogen-bond acceptors (Lipinski definition) is 5. The van der Waals surface area contributed by atoms with E-state index in [1.165, 1.54) is 6.07 Å². The summed E-state index contributed by atoms with van der Waals surface area (Å²) in [4.78, 5) is 37.8. The molecule has 2 amide bonds. The number of fused-ring (bicyclic) bond motifs is 1. The van der Waals surface area contributed by atoms with E-state index in [0.29, 0.717) is 0 Å². The van der Waals surface area contributed by atoms with Gasteiger partial charge in [-0.3, -0.25) is 9.69 Å².